The summed E-state index contributed by atoms with van der Waals surface area (Å²) >= 11 is 1.61. The number of nitrogens with two attached hydrogens (primary N) is 1. The van der Waals surface area contributed by atoms with Crippen LogP contribution >= 0.6 is 11.3 Å². The van der Waals surface area contributed by atoms with Gasteiger partial charge in [-0.25, -0.2) is 9.97 Å². The average molecular weight is 332 g/mol. The van der Waals surface area contributed by atoms with E-state index in [0.29, 0.717) is 17.9 Å². The van der Waals surface area contributed by atoms with Crippen molar-refractivity contribution in [3.05, 3.63) is 30.0 Å². The van der Waals surface area contributed by atoms with Gasteiger partial charge in [0.25, 0.3) is 0 Å². The number of nitrogens with zero attached hydrogens (tertiary/aromatic N) is 3. The molecule has 0 aliphatic carbocycles. The molecule has 1 fully saturated rings. The van der Waals surface area contributed by atoms with Crippen LogP contribution in [0.5, 0.6) is 0 Å². The predicted octanol–water partition coefficient (Wildman–Crippen LogP) is 1.38. The summed E-state index contributed by atoms with van der Waals surface area (Å²) in [4.78, 5) is 9.50. The quantitative estimate of drug-likeness (QED) is 0.669. The molecule has 4 rings (SSSR count). The van der Waals surface area contributed by atoms with Crippen LogP contribution in [0.25, 0.3) is 21.5 Å². The van der Waals surface area contributed by atoms with Gasteiger partial charge >= 0.3 is 0 Å². The molecule has 7 nitrogen and oxygen atoms in total. The van der Waals surface area contributed by atoms with Crippen LogP contribution in [0.15, 0.2) is 30.0 Å². The molecule has 1 aliphatic rings. The lowest BCUT2D eigenvalue weighted by molar-refractivity contribution is -0.0430. The number of aliphatic hydroxyl groups excluding tert-OH is 2. The first-order valence-electron chi connectivity index (χ1n) is 7.28. The molecule has 8 heteroatoms. The van der Waals surface area contributed by atoms with Crippen LogP contribution in [0.2, 0.25) is 0 Å². The first-order chi connectivity index (χ1) is 11.2. The second-order valence-electron chi connectivity index (χ2n) is 5.50. The van der Waals surface area contributed by atoms with Crippen LogP contribution in [-0.2, 0) is 4.74 Å². The van der Waals surface area contributed by atoms with Gasteiger partial charge in [-0.15, -0.1) is 11.3 Å². The molecule has 1 aliphatic heterocycles. The van der Waals surface area contributed by atoms with Crippen molar-refractivity contribution in [2.24, 2.45) is 0 Å². The smallest absolute Gasteiger partial charge is 0.148 e. The van der Waals surface area contributed by atoms with Gasteiger partial charge in [0.1, 0.15) is 30.1 Å². The molecule has 0 amide bonds. The zero-order valence-corrected chi connectivity index (χ0v) is 13.0. The van der Waals surface area contributed by atoms with Crippen LogP contribution in [0, 0.1) is 0 Å². The van der Waals surface area contributed by atoms with Gasteiger partial charge in [0.15, 0.2) is 0 Å². The van der Waals surface area contributed by atoms with Crippen molar-refractivity contribution in [2.75, 3.05) is 12.3 Å². The molecule has 1 saturated heterocycles. The Morgan fingerprint density at radius 2 is 2.30 bits per heavy atom. The fraction of sp³-hybridized carbons (Fsp3) is 0.333. The molecule has 4 N–H and O–H groups in total. The van der Waals surface area contributed by atoms with E-state index in [1.807, 2.05) is 28.3 Å². The molecule has 3 aromatic heterocycles. The minimum absolute atomic E-state index is 0.216. The molecular weight excluding hydrogens is 316 g/mol. The SMILES string of the molecule is Nc1ncnc2c1c(-c1cccs1)cn2[C@H]1C[C@H](O)[C@@H](CO)O1. The van der Waals surface area contributed by atoms with Crippen LogP contribution in [0.4, 0.5) is 5.82 Å². The molecule has 3 aromatic rings. The highest BCUT2D eigenvalue weighted by molar-refractivity contribution is 7.13. The maximum atomic E-state index is 9.98. The fourth-order valence-electron chi connectivity index (χ4n) is 3.00. The van der Waals surface area contributed by atoms with Crippen molar-refractivity contribution in [1.82, 2.24) is 14.5 Å². The third-order valence-electron chi connectivity index (χ3n) is 4.12. The number of ether oxygens (including phenoxy) is 1. The van der Waals surface area contributed by atoms with Crippen molar-refractivity contribution < 1.29 is 14.9 Å². The summed E-state index contributed by atoms with van der Waals surface area (Å²) in [5, 5.41) is 22.0. The molecule has 0 bridgehead atoms. The van der Waals surface area contributed by atoms with Gasteiger partial charge in [-0.3, -0.25) is 0 Å². The second-order valence-corrected chi connectivity index (χ2v) is 6.45. The lowest BCUT2D eigenvalue weighted by Gasteiger charge is -2.14. The maximum absolute atomic E-state index is 9.98. The highest BCUT2D eigenvalue weighted by Crippen LogP contribution is 2.39. The van der Waals surface area contributed by atoms with E-state index in [4.69, 9.17) is 10.5 Å². The van der Waals surface area contributed by atoms with Crippen LogP contribution in [0.1, 0.15) is 12.6 Å². The van der Waals surface area contributed by atoms with Crippen molar-refractivity contribution in [3.63, 3.8) is 0 Å². The van der Waals surface area contributed by atoms with Gasteiger partial charge in [-0.1, -0.05) is 6.07 Å². The summed E-state index contributed by atoms with van der Waals surface area (Å²) in [6.07, 6.45) is 2.06. The molecule has 23 heavy (non-hydrogen) atoms. The molecule has 0 unspecified atom stereocenters. The Bertz CT molecular complexity index is 833. The minimum atomic E-state index is -0.702. The Hall–Kier alpha value is -2.00. The topological polar surface area (TPSA) is 106 Å². The maximum Gasteiger partial charge on any atom is 0.148 e. The summed E-state index contributed by atoms with van der Waals surface area (Å²) in [6.45, 7) is -0.216. The van der Waals surface area contributed by atoms with Crippen molar-refractivity contribution >= 4 is 28.2 Å². The Labute approximate surface area is 136 Å². The first kappa shape index (κ1) is 14.6. The van der Waals surface area contributed by atoms with E-state index in [1.54, 1.807) is 11.3 Å². The second kappa shape index (κ2) is 5.57. The summed E-state index contributed by atoms with van der Waals surface area (Å²) < 4.78 is 7.62. The normalized spacial score (nSPS) is 24.5. The van der Waals surface area contributed by atoms with Gasteiger partial charge in [0, 0.05) is 23.1 Å². The Morgan fingerprint density at radius 1 is 1.43 bits per heavy atom. The Balaban J connectivity index is 1.87. The van der Waals surface area contributed by atoms with E-state index in [-0.39, 0.29) is 6.61 Å². The highest BCUT2D eigenvalue weighted by Gasteiger charge is 2.35. The summed E-state index contributed by atoms with van der Waals surface area (Å²) in [7, 11) is 0. The van der Waals surface area contributed by atoms with Crippen molar-refractivity contribution in [1.29, 1.82) is 0 Å². The Morgan fingerprint density at radius 3 is 3.00 bits per heavy atom. The van der Waals surface area contributed by atoms with Crippen LogP contribution in [-0.4, -0.2) is 43.6 Å². The lowest BCUT2D eigenvalue weighted by atomic mass is 10.2. The monoisotopic (exact) mass is 332 g/mol. The number of aromatic nitrogens is 3. The average Bonchev–Trinajstić information content (AvgIpc) is 3.24. The van der Waals surface area contributed by atoms with E-state index in [1.165, 1.54) is 6.33 Å². The number of hydrogen-bond donors (Lipinski definition) is 3. The highest BCUT2D eigenvalue weighted by atomic mass is 32.1. The molecule has 0 radical (unpaired) electrons. The molecule has 0 aromatic carbocycles. The van der Waals surface area contributed by atoms with E-state index in [2.05, 4.69) is 9.97 Å². The van der Waals surface area contributed by atoms with Gasteiger partial charge < -0.3 is 25.3 Å². The van der Waals surface area contributed by atoms with Gasteiger partial charge in [-0.05, 0) is 11.4 Å². The summed E-state index contributed by atoms with van der Waals surface area (Å²) in [5.41, 5.74) is 7.67. The Kier molecular flexibility index (Phi) is 3.53. The summed E-state index contributed by atoms with van der Waals surface area (Å²) in [5.74, 6) is 0.411. The van der Waals surface area contributed by atoms with Gasteiger partial charge in [-0.2, -0.15) is 0 Å². The van der Waals surface area contributed by atoms with Gasteiger partial charge in [0.2, 0.25) is 0 Å². The minimum Gasteiger partial charge on any atom is -0.394 e. The van der Waals surface area contributed by atoms with Crippen LogP contribution < -0.4 is 5.73 Å². The fourth-order valence-corrected chi connectivity index (χ4v) is 3.74. The number of rotatable bonds is 3. The number of anilines is 1. The van der Waals surface area contributed by atoms with Crippen molar-refractivity contribution in [3.8, 4) is 10.4 Å². The molecule has 0 spiro atoms. The predicted molar refractivity (Wildman–Crippen MR) is 86.9 cm³/mol. The van der Waals surface area contributed by atoms with E-state index in [9.17, 15) is 10.2 Å². The standard InChI is InChI=1S/C15H16N4O3S/c16-14-13-8(11-2-1-3-23-11)5-19(15(13)18-7-17-14)12-4-9(21)10(6-20)22-12/h1-3,5,7,9-10,12,20-21H,4,6H2,(H2,16,17,18)/t9-,10+,12+/m0/s1. The van der Waals surface area contributed by atoms with Gasteiger partial charge in [0.05, 0.1) is 18.1 Å². The van der Waals surface area contributed by atoms with E-state index in [0.717, 1.165) is 15.8 Å². The molecule has 0 saturated carbocycles. The molecule has 4 heterocycles. The number of fused-ring (bicyclic) bond motifs is 1. The van der Waals surface area contributed by atoms with Crippen LogP contribution in [0.3, 0.4) is 0 Å². The molecule has 120 valence electrons. The molecule has 3 atom stereocenters. The number of aliphatic hydroxyl groups is 2. The summed E-state index contributed by atoms with van der Waals surface area (Å²) in [6, 6.07) is 3.98. The van der Waals surface area contributed by atoms with E-state index < -0.39 is 18.4 Å². The third kappa shape index (κ3) is 2.31. The van der Waals surface area contributed by atoms with Crippen molar-refractivity contribution in [2.45, 2.75) is 24.9 Å². The zero-order chi connectivity index (χ0) is 16.0. The third-order valence-corrected chi connectivity index (χ3v) is 5.02. The zero-order valence-electron chi connectivity index (χ0n) is 12.2. The number of hydrogen-bond acceptors (Lipinski definition) is 7. The first-order valence-corrected chi connectivity index (χ1v) is 8.16. The number of thiophene rings is 1. The van der Waals surface area contributed by atoms with E-state index >= 15 is 0 Å². The molecular formula is C15H16N4O3S. The number of nitrogen functional groups attached to an aromatic ring is 1. The largest absolute Gasteiger partial charge is 0.394 e. The lowest BCUT2D eigenvalue weighted by Crippen LogP contribution is -2.24.